The third-order valence-corrected chi connectivity index (χ3v) is 3.52. The molecule has 16 heavy (non-hydrogen) atoms. The van der Waals surface area contributed by atoms with Crippen molar-refractivity contribution in [3.63, 3.8) is 0 Å². The molecule has 3 heteroatoms. The zero-order valence-electron chi connectivity index (χ0n) is 10.3. The van der Waals surface area contributed by atoms with Gasteiger partial charge in [0.25, 0.3) is 0 Å². The van der Waals surface area contributed by atoms with Gasteiger partial charge in [0.2, 0.25) is 0 Å². The van der Waals surface area contributed by atoms with Gasteiger partial charge in [0, 0.05) is 13.2 Å². The second kappa shape index (κ2) is 7.25. The van der Waals surface area contributed by atoms with E-state index in [1.807, 2.05) is 0 Å². The molecule has 1 saturated carbocycles. The number of nitrogens with one attached hydrogen (secondary N) is 2. The lowest BCUT2D eigenvalue weighted by molar-refractivity contribution is 0.122. The van der Waals surface area contributed by atoms with Gasteiger partial charge in [0.05, 0.1) is 0 Å². The van der Waals surface area contributed by atoms with Crippen molar-refractivity contribution in [2.45, 2.75) is 32.1 Å². The van der Waals surface area contributed by atoms with Crippen molar-refractivity contribution < 1.29 is 4.74 Å². The van der Waals surface area contributed by atoms with Crippen molar-refractivity contribution in [1.29, 1.82) is 0 Å². The van der Waals surface area contributed by atoms with Gasteiger partial charge in [0.1, 0.15) is 0 Å². The van der Waals surface area contributed by atoms with E-state index in [4.69, 9.17) is 4.74 Å². The van der Waals surface area contributed by atoms with E-state index in [-0.39, 0.29) is 0 Å². The van der Waals surface area contributed by atoms with Gasteiger partial charge in [0.15, 0.2) is 0 Å². The van der Waals surface area contributed by atoms with Crippen molar-refractivity contribution in [2.24, 2.45) is 11.8 Å². The molecule has 0 aromatic heterocycles. The Labute approximate surface area is 99.3 Å². The van der Waals surface area contributed by atoms with Crippen LogP contribution in [0.3, 0.4) is 0 Å². The van der Waals surface area contributed by atoms with Crippen LogP contribution in [0.1, 0.15) is 32.1 Å². The van der Waals surface area contributed by atoms with Crippen LogP contribution in [0.4, 0.5) is 0 Å². The standard InChI is InChI=1S/C13H26N2O/c1-3-13(9-14-6-1)10-15-7-2-8-16-11-12-4-5-12/h12-15H,1-11H2. The van der Waals surface area contributed by atoms with Crippen molar-refractivity contribution >= 4 is 0 Å². The van der Waals surface area contributed by atoms with E-state index in [0.717, 1.165) is 38.0 Å². The molecule has 0 bridgehead atoms. The lowest BCUT2D eigenvalue weighted by atomic mass is 10.00. The summed E-state index contributed by atoms with van der Waals surface area (Å²) >= 11 is 0. The molecule has 1 aliphatic carbocycles. The van der Waals surface area contributed by atoms with E-state index in [9.17, 15) is 0 Å². The summed E-state index contributed by atoms with van der Waals surface area (Å²) in [6.07, 6.45) is 6.68. The van der Waals surface area contributed by atoms with Gasteiger partial charge in [-0.1, -0.05) is 0 Å². The van der Waals surface area contributed by atoms with E-state index in [0.29, 0.717) is 0 Å². The third-order valence-electron chi connectivity index (χ3n) is 3.52. The van der Waals surface area contributed by atoms with Crippen molar-refractivity contribution in [1.82, 2.24) is 10.6 Å². The second-order valence-corrected chi connectivity index (χ2v) is 5.29. The molecule has 2 rings (SSSR count). The van der Waals surface area contributed by atoms with Gasteiger partial charge in [-0.3, -0.25) is 0 Å². The average Bonchev–Trinajstić information content (AvgIpc) is 3.13. The third kappa shape index (κ3) is 5.28. The lowest BCUT2D eigenvalue weighted by Gasteiger charge is -2.22. The molecular weight excluding hydrogens is 200 g/mol. The molecule has 2 aliphatic rings. The van der Waals surface area contributed by atoms with Gasteiger partial charge in [-0.05, 0) is 70.1 Å². The molecule has 0 amide bonds. The maximum absolute atomic E-state index is 5.60. The minimum atomic E-state index is 0.848. The summed E-state index contributed by atoms with van der Waals surface area (Å²) in [4.78, 5) is 0. The van der Waals surface area contributed by atoms with Gasteiger partial charge >= 0.3 is 0 Å². The summed E-state index contributed by atoms with van der Waals surface area (Å²) in [5, 5.41) is 6.99. The molecule has 0 aromatic carbocycles. The highest BCUT2D eigenvalue weighted by Crippen LogP contribution is 2.28. The lowest BCUT2D eigenvalue weighted by Crippen LogP contribution is -2.36. The van der Waals surface area contributed by atoms with Gasteiger partial charge < -0.3 is 15.4 Å². The Hall–Kier alpha value is -0.120. The summed E-state index contributed by atoms with van der Waals surface area (Å²) in [5.74, 6) is 1.75. The Bertz CT molecular complexity index is 177. The highest BCUT2D eigenvalue weighted by Gasteiger charge is 2.20. The average molecular weight is 226 g/mol. The normalized spacial score (nSPS) is 25.9. The van der Waals surface area contributed by atoms with Crippen LogP contribution in [0.25, 0.3) is 0 Å². The molecular formula is C13H26N2O. The zero-order chi connectivity index (χ0) is 11.1. The van der Waals surface area contributed by atoms with E-state index in [1.165, 1.54) is 45.3 Å². The molecule has 0 aromatic rings. The van der Waals surface area contributed by atoms with Crippen LogP contribution in [-0.2, 0) is 4.74 Å². The Morgan fingerprint density at radius 3 is 2.88 bits per heavy atom. The van der Waals surface area contributed by atoms with Crippen molar-refractivity contribution in [3.8, 4) is 0 Å². The summed E-state index contributed by atoms with van der Waals surface area (Å²) in [6.45, 7) is 6.65. The molecule has 2 fully saturated rings. The number of rotatable bonds is 8. The first-order valence-electron chi connectivity index (χ1n) is 6.94. The largest absolute Gasteiger partial charge is 0.381 e. The molecule has 1 atom stereocenters. The first-order chi connectivity index (χ1) is 7.95. The van der Waals surface area contributed by atoms with Crippen LogP contribution in [0.15, 0.2) is 0 Å². The van der Waals surface area contributed by atoms with Crippen LogP contribution in [0.2, 0.25) is 0 Å². The van der Waals surface area contributed by atoms with Gasteiger partial charge in [-0.2, -0.15) is 0 Å². The summed E-state index contributed by atoms with van der Waals surface area (Å²) in [7, 11) is 0. The summed E-state index contributed by atoms with van der Waals surface area (Å²) in [6, 6.07) is 0. The number of hydrogen-bond donors (Lipinski definition) is 2. The molecule has 3 nitrogen and oxygen atoms in total. The SMILES string of the molecule is C(CNCC1CCCNC1)COCC1CC1. The second-order valence-electron chi connectivity index (χ2n) is 5.29. The number of ether oxygens (including phenoxy) is 1. The quantitative estimate of drug-likeness (QED) is 0.614. The molecule has 1 heterocycles. The summed E-state index contributed by atoms with van der Waals surface area (Å²) < 4.78 is 5.60. The molecule has 1 unspecified atom stereocenters. The Kier molecular flexibility index (Phi) is 5.59. The van der Waals surface area contributed by atoms with E-state index in [1.54, 1.807) is 0 Å². The zero-order valence-corrected chi connectivity index (χ0v) is 10.3. The fourth-order valence-electron chi connectivity index (χ4n) is 2.24. The topological polar surface area (TPSA) is 33.3 Å². The van der Waals surface area contributed by atoms with Gasteiger partial charge in [-0.25, -0.2) is 0 Å². The van der Waals surface area contributed by atoms with E-state index in [2.05, 4.69) is 10.6 Å². The molecule has 94 valence electrons. The Morgan fingerprint density at radius 1 is 1.19 bits per heavy atom. The van der Waals surface area contributed by atoms with Crippen molar-refractivity contribution in [2.75, 3.05) is 39.4 Å². The molecule has 0 spiro atoms. The maximum atomic E-state index is 5.60. The van der Waals surface area contributed by atoms with E-state index >= 15 is 0 Å². The molecule has 1 saturated heterocycles. The minimum Gasteiger partial charge on any atom is -0.381 e. The first kappa shape index (κ1) is 12.3. The van der Waals surface area contributed by atoms with Crippen LogP contribution < -0.4 is 10.6 Å². The molecule has 0 radical (unpaired) electrons. The molecule has 2 N–H and O–H groups in total. The van der Waals surface area contributed by atoms with Crippen LogP contribution in [0, 0.1) is 11.8 Å². The number of hydrogen-bond acceptors (Lipinski definition) is 3. The first-order valence-corrected chi connectivity index (χ1v) is 6.94. The van der Waals surface area contributed by atoms with Crippen molar-refractivity contribution in [3.05, 3.63) is 0 Å². The van der Waals surface area contributed by atoms with Crippen LogP contribution in [0.5, 0.6) is 0 Å². The van der Waals surface area contributed by atoms with Crippen LogP contribution >= 0.6 is 0 Å². The highest BCUT2D eigenvalue weighted by molar-refractivity contribution is 4.72. The fourth-order valence-corrected chi connectivity index (χ4v) is 2.24. The van der Waals surface area contributed by atoms with Crippen LogP contribution in [-0.4, -0.2) is 39.4 Å². The monoisotopic (exact) mass is 226 g/mol. The predicted molar refractivity (Wildman–Crippen MR) is 66.6 cm³/mol. The highest BCUT2D eigenvalue weighted by atomic mass is 16.5. The van der Waals surface area contributed by atoms with E-state index < -0.39 is 0 Å². The number of piperidine rings is 1. The smallest absolute Gasteiger partial charge is 0.0494 e. The maximum Gasteiger partial charge on any atom is 0.0494 e. The Balaban J connectivity index is 1.33. The summed E-state index contributed by atoms with van der Waals surface area (Å²) in [5.41, 5.74) is 0. The predicted octanol–water partition coefficient (Wildman–Crippen LogP) is 1.39. The van der Waals surface area contributed by atoms with Gasteiger partial charge in [-0.15, -0.1) is 0 Å². The molecule has 1 aliphatic heterocycles. The fraction of sp³-hybridized carbons (Fsp3) is 1.00. The minimum absolute atomic E-state index is 0.848. The Morgan fingerprint density at radius 2 is 2.12 bits per heavy atom.